The third-order valence-corrected chi connectivity index (χ3v) is 4.28. The highest BCUT2D eigenvalue weighted by molar-refractivity contribution is 5.99. The van der Waals surface area contributed by atoms with Crippen molar-refractivity contribution in [3.8, 4) is 5.75 Å². The summed E-state index contributed by atoms with van der Waals surface area (Å²) >= 11 is 0. The number of ether oxygens (including phenoxy) is 2. The van der Waals surface area contributed by atoms with Crippen LogP contribution in [0.25, 0.3) is 0 Å². The maximum absolute atomic E-state index is 12.6. The van der Waals surface area contributed by atoms with Gasteiger partial charge in [-0.2, -0.15) is 0 Å². The largest absolute Gasteiger partial charge is 0.573 e. The van der Waals surface area contributed by atoms with E-state index in [1.165, 1.54) is 30.0 Å². The number of aromatic nitrogens is 3. The van der Waals surface area contributed by atoms with Crippen molar-refractivity contribution in [3.63, 3.8) is 0 Å². The first kappa shape index (κ1) is 24.5. The number of urea groups is 1. The molecule has 0 aliphatic rings. The first-order valence-electron chi connectivity index (χ1n) is 9.90. The Morgan fingerprint density at radius 3 is 2.53 bits per heavy atom. The van der Waals surface area contributed by atoms with Crippen molar-refractivity contribution in [1.29, 1.82) is 0 Å². The van der Waals surface area contributed by atoms with E-state index in [0.29, 0.717) is 13.2 Å². The summed E-state index contributed by atoms with van der Waals surface area (Å²) in [5.41, 5.74) is 1.02. The summed E-state index contributed by atoms with van der Waals surface area (Å²) in [5.74, 6) is -0.729. The number of benzene rings is 1. The van der Waals surface area contributed by atoms with Gasteiger partial charge in [0, 0.05) is 44.5 Å². The summed E-state index contributed by atoms with van der Waals surface area (Å²) in [6, 6.07) is 7.47. The number of hydrogen-bond acceptors (Lipinski definition) is 6. The molecule has 180 valence electrons. The van der Waals surface area contributed by atoms with Crippen molar-refractivity contribution in [2.24, 2.45) is 0 Å². The third kappa shape index (κ3) is 7.48. The summed E-state index contributed by atoms with van der Waals surface area (Å²) in [5, 5.41) is 7.68. The van der Waals surface area contributed by atoms with Crippen LogP contribution in [0.1, 0.15) is 16.2 Å². The number of carbonyl (C=O) groups excluding carboxylic acids is 2. The van der Waals surface area contributed by atoms with Gasteiger partial charge in [0.2, 0.25) is 5.82 Å². The van der Waals surface area contributed by atoms with E-state index in [0.717, 1.165) is 17.7 Å². The smallest absolute Gasteiger partial charge is 0.406 e. The Morgan fingerprint density at radius 1 is 1.12 bits per heavy atom. The number of alkyl halides is 3. The van der Waals surface area contributed by atoms with E-state index in [9.17, 15) is 22.8 Å². The highest BCUT2D eigenvalue weighted by Crippen LogP contribution is 2.24. The number of hydrogen-bond donors (Lipinski definition) is 3. The van der Waals surface area contributed by atoms with E-state index in [1.54, 1.807) is 18.5 Å². The van der Waals surface area contributed by atoms with Crippen molar-refractivity contribution in [2.45, 2.75) is 19.5 Å². The molecule has 0 aliphatic carbocycles. The molecule has 1 aromatic carbocycles. The Kier molecular flexibility index (Phi) is 8.03. The maximum atomic E-state index is 12.6. The number of anilines is 2. The van der Waals surface area contributed by atoms with Gasteiger partial charge in [0.1, 0.15) is 5.75 Å². The van der Waals surface area contributed by atoms with Gasteiger partial charge in [0.05, 0.1) is 6.61 Å². The Bertz CT molecular complexity index is 1100. The van der Waals surface area contributed by atoms with Crippen LogP contribution in [0.3, 0.4) is 0 Å². The van der Waals surface area contributed by atoms with E-state index < -0.39 is 24.1 Å². The predicted octanol–water partition coefficient (Wildman–Crippen LogP) is 3.40. The van der Waals surface area contributed by atoms with Crippen LogP contribution in [0.5, 0.6) is 5.75 Å². The fourth-order valence-corrected chi connectivity index (χ4v) is 2.80. The zero-order chi connectivity index (χ0) is 24.6. The average Bonchev–Trinajstić information content (AvgIpc) is 3.19. The Labute approximate surface area is 192 Å². The van der Waals surface area contributed by atoms with Gasteiger partial charge in [-0.1, -0.05) is 6.07 Å². The van der Waals surface area contributed by atoms with Crippen molar-refractivity contribution in [2.75, 3.05) is 24.4 Å². The zero-order valence-corrected chi connectivity index (χ0v) is 17.9. The molecule has 3 rings (SSSR count). The van der Waals surface area contributed by atoms with E-state index in [1.807, 2.05) is 6.07 Å². The van der Waals surface area contributed by atoms with E-state index in [2.05, 4.69) is 30.7 Å². The maximum Gasteiger partial charge on any atom is 0.573 e. The molecule has 0 spiro atoms. The number of imidazole rings is 1. The Morgan fingerprint density at radius 2 is 1.88 bits per heavy atom. The highest BCUT2D eigenvalue weighted by Gasteiger charge is 2.31. The quantitative estimate of drug-likeness (QED) is 0.434. The minimum absolute atomic E-state index is 0.0601. The lowest BCUT2D eigenvalue weighted by atomic mass is 10.3. The van der Waals surface area contributed by atoms with Gasteiger partial charge in [-0.25, -0.2) is 9.78 Å². The molecule has 2 aromatic heterocycles. The molecular weight excluding hydrogens is 457 g/mol. The molecule has 0 atom stereocenters. The summed E-state index contributed by atoms with van der Waals surface area (Å²) in [4.78, 5) is 33.1. The van der Waals surface area contributed by atoms with Crippen LogP contribution in [0, 0.1) is 0 Å². The van der Waals surface area contributed by atoms with Crippen molar-refractivity contribution in [3.05, 3.63) is 66.4 Å². The van der Waals surface area contributed by atoms with Gasteiger partial charge >= 0.3 is 12.4 Å². The van der Waals surface area contributed by atoms with Crippen LogP contribution < -0.4 is 20.7 Å². The molecule has 2 heterocycles. The molecule has 0 aliphatic heterocycles. The predicted molar refractivity (Wildman–Crippen MR) is 115 cm³/mol. The highest BCUT2D eigenvalue weighted by atomic mass is 19.4. The second-order valence-corrected chi connectivity index (χ2v) is 6.83. The molecule has 3 amide bonds. The number of halogens is 3. The number of amides is 3. The molecule has 34 heavy (non-hydrogen) atoms. The lowest BCUT2D eigenvalue weighted by Gasteiger charge is -2.10. The van der Waals surface area contributed by atoms with Gasteiger partial charge in [-0.05, 0) is 35.9 Å². The zero-order valence-electron chi connectivity index (χ0n) is 17.9. The molecule has 3 N–H and O–H groups in total. The van der Waals surface area contributed by atoms with Crippen molar-refractivity contribution in [1.82, 2.24) is 19.9 Å². The number of rotatable bonds is 9. The van der Waals surface area contributed by atoms with Gasteiger partial charge in [-0.3, -0.25) is 15.1 Å². The van der Waals surface area contributed by atoms with Crippen LogP contribution in [0.2, 0.25) is 0 Å². The first-order valence-corrected chi connectivity index (χ1v) is 9.90. The average molecular weight is 478 g/mol. The van der Waals surface area contributed by atoms with E-state index in [4.69, 9.17) is 4.74 Å². The topological polar surface area (TPSA) is 119 Å². The first-order chi connectivity index (χ1) is 16.2. The Hall–Kier alpha value is -4.13. The number of nitrogens with one attached hydrogen (secondary N) is 3. The van der Waals surface area contributed by atoms with Crippen LogP contribution in [0.4, 0.5) is 29.5 Å². The van der Waals surface area contributed by atoms with E-state index in [-0.39, 0.29) is 23.9 Å². The third-order valence-electron chi connectivity index (χ3n) is 4.28. The fraction of sp³-hybridized carbons (Fsp3) is 0.238. The monoisotopic (exact) mass is 478 g/mol. The van der Waals surface area contributed by atoms with Crippen LogP contribution in [0.15, 0.2) is 55.0 Å². The number of pyridine rings is 1. The van der Waals surface area contributed by atoms with Crippen molar-refractivity contribution < 1.29 is 32.2 Å². The molecule has 13 heteroatoms. The number of carbonyl (C=O) groups is 2. The SMILES string of the molecule is COCCn1cc(NC(=O)Nc2ccc(OC(F)(F)F)cc2)nc1C(=O)NCc1cccnc1. The minimum Gasteiger partial charge on any atom is -0.406 e. The van der Waals surface area contributed by atoms with Gasteiger partial charge in [-0.15, -0.1) is 13.2 Å². The molecule has 3 aromatic rings. The molecule has 0 bridgehead atoms. The van der Waals surface area contributed by atoms with Crippen LogP contribution in [-0.4, -0.2) is 46.6 Å². The lowest BCUT2D eigenvalue weighted by Crippen LogP contribution is -2.27. The Balaban J connectivity index is 1.63. The van der Waals surface area contributed by atoms with Crippen LogP contribution in [-0.2, 0) is 17.8 Å². The van der Waals surface area contributed by atoms with Gasteiger partial charge in [0.25, 0.3) is 5.91 Å². The number of nitrogens with zero attached hydrogens (tertiary/aromatic N) is 3. The minimum atomic E-state index is -4.81. The normalized spacial score (nSPS) is 11.1. The van der Waals surface area contributed by atoms with Crippen molar-refractivity contribution >= 4 is 23.4 Å². The number of methoxy groups -OCH3 is 1. The molecular formula is C21H21F3N6O4. The summed E-state index contributed by atoms with van der Waals surface area (Å²) in [6.45, 7) is 0.849. The molecule has 0 unspecified atom stereocenters. The van der Waals surface area contributed by atoms with Gasteiger partial charge in [0.15, 0.2) is 5.82 Å². The summed E-state index contributed by atoms with van der Waals surface area (Å²) in [7, 11) is 1.51. The second-order valence-electron chi connectivity index (χ2n) is 6.83. The molecule has 0 fully saturated rings. The molecule has 0 saturated carbocycles. The molecule has 10 nitrogen and oxygen atoms in total. The van der Waals surface area contributed by atoms with Gasteiger partial charge < -0.3 is 24.7 Å². The molecule has 0 saturated heterocycles. The standard InChI is InChI=1S/C21H21F3N6O4/c1-33-10-9-30-13-17(28-18(30)19(31)26-12-14-3-2-8-25-11-14)29-20(32)27-15-4-6-16(7-5-15)34-21(22,23)24/h2-8,11,13H,9-10,12H2,1H3,(H,26,31)(H2,27,29,32). The summed E-state index contributed by atoms with van der Waals surface area (Å²) in [6.07, 6.45) is -0.0962. The molecule has 0 radical (unpaired) electrons. The lowest BCUT2D eigenvalue weighted by molar-refractivity contribution is -0.274. The summed E-state index contributed by atoms with van der Waals surface area (Å²) < 4.78 is 47.1. The second kappa shape index (κ2) is 11.1. The van der Waals surface area contributed by atoms with Crippen LogP contribution >= 0.6 is 0 Å². The fourth-order valence-electron chi connectivity index (χ4n) is 2.80. The van der Waals surface area contributed by atoms with E-state index >= 15 is 0 Å².